The Labute approximate surface area is 113 Å². The molecule has 3 nitrogen and oxygen atoms in total. The summed E-state index contributed by atoms with van der Waals surface area (Å²) in [5.74, 6) is 0.112. The van der Waals surface area contributed by atoms with Crippen molar-refractivity contribution >= 4 is 23.2 Å². The molecule has 0 spiro atoms. The summed E-state index contributed by atoms with van der Waals surface area (Å²) in [7, 11) is 0. The second-order valence-electron chi connectivity index (χ2n) is 4.98. The van der Waals surface area contributed by atoms with Crippen LogP contribution < -0.4 is 10.2 Å². The van der Waals surface area contributed by atoms with E-state index in [1.54, 1.807) is 0 Å². The van der Waals surface area contributed by atoms with Crippen molar-refractivity contribution < 1.29 is 4.79 Å². The Bertz CT molecular complexity index is 445. The first kappa shape index (κ1) is 13.2. The van der Waals surface area contributed by atoms with Gasteiger partial charge in [0.25, 0.3) is 0 Å². The number of carbonyl (C=O) groups is 1. The van der Waals surface area contributed by atoms with Crippen molar-refractivity contribution in [3.05, 3.63) is 28.8 Å². The Balaban J connectivity index is 1.93. The van der Waals surface area contributed by atoms with Crippen molar-refractivity contribution in [1.29, 1.82) is 0 Å². The average Bonchev–Trinajstić information content (AvgIpc) is 2.68. The molecule has 0 fully saturated rings. The van der Waals surface area contributed by atoms with Gasteiger partial charge in [0.15, 0.2) is 0 Å². The lowest BCUT2D eigenvalue weighted by Crippen LogP contribution is -2.33. The minimum atomic E-state index is 0.112. The fourth-order valence-corrected chi connectivity index (χ4v) is 2.45. The predicted octanol–water partition coefficient (Wildman–Crippen LogP) is 2.62. The van der Waals surface area contributed by atoms with Crippen LogP contribution in [0.1, 0.15) is 25.8 Å². The number of hydrogen-bond donors (Lipinski definition) is 1. The number of halogens is 1. The van der Waals surface area contributed by atoms with Gasteiger partial charge < -0.3 is 10.2 Å². The molecular formula is C14H19ClN2O. The quantitative estimate of drug-likeness (QED) is 0.909. The van der Waals surface area contributed by atoms with Crippen LogP contribution in [0.3, 0.4) is 0 Å². The fraction of sp³-hybridized carbons (Fsp3) is 0.500. The standard InChI is InChI=1S/C14H19ClN2O/c1-10(2)16-14(18)6-8-17-7-5-11-3-4-12(15)9-13(11)17/h3-4,9-10H,5-8H2,1-2H3,(H,16,18). The number of rotatable bonds is 4. The van der Waals surface area contributed by atoms with Gasteiger partial charge in [-0.3, -0.25) is 4.79 Å². The predicted molar refractivity (Wildman–Crippen MR) is 75.3 cm³/mol. The molecule has 1 amide bonds. The van der Waals surface area contributed by atoms with Crippen LogP contribution in [0.2, 0.25) is 5.02 Å². The number of amides is 1. The van der Waals surface area contributed by atoms with Gasteiger partial charge in [-0.2, -0.15) is 0 Å². The molecule has 1 heterocycles. The smallest absolute Gasteiger partial charge is 0.221 e. The van der Waals surface area contributed by atoms with E-state index in [1.165, 1.54) is 11.3 Å². The highest BCUT2D eigenvalue weighted by Gasteiger charge is 2.19. The third-order valence-electron chi connectivity index (χ3n) is 3.10. The van der Waals surface area contributed by atoms with E-state index in [-0.39, 0.29) is 11.9 Å². The summed E-state index contributed by atoms with van der Waals surface area (Å²) in [5.41, 5.74) is 2.50. The van der Waals surface area contributed by atoms with Gasteiger partial charge in [-0.15, -0.1) is 0 Å². The molecule has 0 aromatic heterocycles. The first-order chi connectivity index (χ1) is 8.56. The summed E-state index contributed by atoms with van der Waals surface area (Å²) < 4.78 is 0. The number of fused-ring (bicyclic) bond motifs is 1. The molecule has 0 saturated heterocycles. The molecule has 18 heavy (non-hydrogen) atoms. The normalized spacial score (nSPS) is 13.9. The van der Waals surface area contributed by atoms with Crippen molar-refractivity contribution in [2.75, 3.05) is 18.0 Å². The molecule has 1 N–H and O–H groups in total. The Hall–Kier alpha value is -1.22. The highest BCUT2D eigenvalue weighted by molar-refractivity contribution is 6.30. The molecule has 98 valence electrons. The molecule has 1 aliphatic rings. The molecule has 0 bridgehead atoms. The summed E-state index contributed by atoms with van der Waals surface area (Å²) >= 11 is 6.01. The van der Waals surface area contributed by atoms with Crippen molar-refractivity contribution in [3.8, 4) is 0 Å². The van der Waals surface area contributed by atoms with Crippen LogP contribution in [0.25, 0.3) is 0 Å². The van der Waals surface area contributed by atoms with Gasteiger partial charge >= 0.3 is 0 Å². The first-order valence-electron chi connectivity index (χ1n) is 6.39. The molecule has 1 aromatic rings. The van der Waals surface area contributed by atoms with Gasteiger partial charge in [0.1, 0.15) is 0 Å². The summed E-state index contributed by atoms with van der Waals surface area (Å²) in [6, 6.07) is 6.20. The Kier molecular flexibility index (Phi) is 4.12. The minimum Gasteiger partial charge on any atom is -0.370 e. The highest BCUT2D eigenvalue weighted by atomic mass is 35.5. The van der Waals surface area contributed by atoms with Crippen molar-refractivity contribution in [2.45, 2.75) is 32.7 Å². The van der Waals surface area contributed by atoms with Crippen LogP contribution in [0.4, 0.5) is 5.69 Å². The van der Waals surface area contributed by atoms with E-state index in [0.29, 0.717) is 6.42 Å². The second kappa shape index (κ2) is 5.61. The van der Waals surface area contributed by atoms with Gasteiger partial charge in [0.2, 0.25) is 5.91 Å². The number of nitrogens with zero attached hydrogens (tertiary/aromatic N) is 1. The first-order valence-corrected chi connectivity index (χ1v) is 6.77. The average molecular weight is 267 g/mol. The van der Waals surface area contributed by atoms with Gasteiger partial charge in [-0.1, -0.05) is 17.7 Å². The third-order valence-corrected chi connectivity index (χ3v) is 3.33. The lowest BCUT2D eigenvalue weighted by atomic mass is 10.2. The van der Waals surface area contributed by atoms with E-state index >= 15 is 0 Å². The molecule has 1 aliphatic heterocycles. The lowest BCUT2D eigenvalue weighted by molar-refractivity contribution is -0.121. The molecular weight excluding hydrogens is 248 g/mol. The second-order valence-corrected chi connectivity index (χ2v) is 5.42. The van der Waals surface area contributed by atoms with Crippen LogP contribution in [-0.2, 0) is 11.2 Å². The largest absolute Gasteiger partial charge is 0.370 e. The number of carbonyl (C=O) groups excluding carboxylic acids is 1. The fourth-order valence-electron chi connectivity index (χ4n) is 2.28. The maximum absolute atomic E-state index is 11.6. The molecule has 0 unspecified atom stereocenters. The van der Waals surface area contributed by atoms with E-state index in [0.717, 1.165) is 24.5 Å². The van der Waals surface area contributed by atoms with Crippen LogP contribution in [0, 0.1) is 0 Å². The Morgan fingerprint density at radius 1 is 1.50 bits per heavy atom. The Morgan fingerprint density at radius 2 is 2.28 bits per heavy atom. The number of anilines is 1. The summed E-state index contributed by atoms with van der Waals surface area (Å²) in [6.07, 6.45) is 1.57. The number of benzene rings is 1. The van der Waals surface area contributed by atoms with Crippen molar-refractivity contribution in [1.82, 2.24) is 5.32 Å². The molecule has 0 radical (unpaired) electrons. The van der Waals surface area contributed by atoms with E-state index in [2.05, 4.69) is 16.3 Å². The van der Waals surface area contributed by atoms with E-state index in [4.69, 9.17) is 11.6 Å². The maximum atomic E-state index is 11.6. The topological polar surface area (TPSA) is 32.3 Å². The van der Waals surface area contributed by atoms with E-state index in [9.17, 15) is 4.79 Å². The monoisotopic (exact) mass is 266 g/mol. The Morgan fingerprint density at radius 3 is 3.00 bits per heavy atom. The SMILES string of the molecule is CC(C)NC(=O)CCN1CCc2ccc(Cl)cc21. The van der Waals surface area contributed by atoms with Crippen molar-refractivity contribution in [3.63, 3.8) is 0 Å². The number of nitrogens with one attached hydrogen (secondary N) is 1. The van der Waals surface area contributed by atoms with Gasteiger partial charge in [-0.25, -0.2) is 0 Å². The summed E-state index contributed by atoms with van der Waals surface area (Å²) in [4.78, 5) is 13.9. The van der Waals surface area contributed by atoms with Gasteiger partial charge in [0.05, 0.1) is 0 Å². The molecule has 0 atom stereocenters. The van der Waals surface area contributed by atoms with E-state index < -0.39 is 0 Å². The molecule has 1 aromatic carbocycles. The van der Waals surface area contributed by atoms with Crippen LogP contribution in [0.15, 0.2) is 18.2 Å². The maximum Gasteiger partial charge on any atom is 0.221 e. The van der Waals surface area contributed by atoms with Crippen LogP contribution >= 0.6 is 11.6 Å². The number of hydrogen-bond acceptors (Lipinski definition) is 2. The lowest BCUT2D eigenvalue weighted by Gasteiger charge is -2.19. The molecule has 2 rings (SSSR count). The zero-order valence-electron chi connectivity index (χ0n) is 10.9. The molecule has 0 saturated carbocycles. The van der Waals surface area contributed by atoms with Crippen LogP contribution in [0.5, 0.6) is 0 Å². The third kappa shape index (κ3) is 3.16. The molecule has 4 heteroatoms. The van der Waals surface area contributed by atoms with Gasteiger partial charge in [0, 0.05) is 36.3 Å². The van der Waals surface area contributed by atoms with Crippen LogP contribution in [-0.4, -0.2) is 25.0 Å². The van der Waals surface area contributed by atoms with Crippen molar-refractivity contribution in [2.24, 2.45) is 0 Å². The van der Waals surface area contributed by atoms with E-state index in [1.807, 2.05) is 26.0 Å². The minimum absolute atomic E-state index is 0.112. The highest BCUT2D eigenvalue weighted by Crippen LogP contribution is 2.30. The molecule has 0 aliphatic carbocycles. The van der Waals surface area contributed by atoms with Gasteiger partial charge in [-0.05, 0) is 38.0 Å². The summed E-state index contributed by atoms with van der Waals surface area (Å²) in [6.45, 7) is 5.68. The zero-order chi connectivity index (χ0) is 13.1. The zero-order valence-corrected chi connectivity index (χ0v) is 11.6. The summed E-state index contributed by atoms with van der Waals surface area (Å²) in [5, 5.41) is 3.67.